The highest BCUT2D eigenvalue weighted by atomic mass is 16.5. The van der Waals surface area contributed by atoms with Crippen molar-refractivity contribution in [1.82, 2.24) is 19.4 Å². The zero-order valence-corrected chi connectivity index (χ0v) is 18.5. The average Bonchev–Trinajstić information content (AvgIpc) is 2.83. The Bertz CT molecular complexity index is 1310. The molecular weight excluding hydrogens is 402 g/mol. The molecular formula is C25H27N5O2. The number of ether oxygens (including phenoxy) is 1. The Morgan fingerprint density at radius 1 is 0.938 bits per heavy atom. The van der Waals surface area contributed by atoms with Gasteiger partial charge in [0.1, 0.15) is 5.75 Å². The monoisotopic (exact) mass is 429 g/mol. The Morgan fingerprint density at radius 2 is 1.72 bits per heavy atom. The fourth-order valence-electron chi connectivity index (χ4n) is 4.35. The van der Waals surface area contributed by atoms with E-state index in [2.05, 4.69) is 31.9 Å². The molecule has 1 aliphatic rings. The Hall–Kier alpha value is -3.45. The van der Waals surface area contributed by atoms with Crippen molar-refractivity contribution in [2.45, 2.75) is 13.5 Å². The summed E-state index contributed by atoms with van der Waals surface area (Å²) in [6, 6.07) is 14.3. The van der Waals surface area contributed by atoms with E-state index in [1.165, 1.54) is 5.69 Å². The lowest BCUT2D eigenvalue weighted by atomic mass is 10.1. The molecule has 0 unspecified atom stereocenters. The number of benzene rings is 2. The minimum absolute atomic E-state index is 0.0261. The zero-order valence-electron chi connectivity index (χ0n) is 18.5. The van der Waals surface area contributed by atoms with E-state index in [1.807, 2.05) is 37.3 Å². The molecule has 5 rings (SSSR count). The van der Waals surface area contributed by atoms with E-state index in [0.717, 1.165) is 60.5 Å². The first-order valence-electron chi connectivity index (χ1n) is 11.0. The smallest absolute Gasteiger partial charge is 0.262 e. The SMILES string of the molecule is COc1ccc(N2CCN(CCn3cnc4c(cnc5cc(C)ccc54)c3=O)CC2)cc1. The summed E-state index contributed by atoms with van der Waals surface area (Å²) in [5.74, 6) is 0.875. The van der Waals surface area contributed by atoms with Crippen LogP contribution in [0.3, 0.4) is 0 Å². The van der Waals surface area contributed by atoms with Crippen LogP contribution in [-0.2, 0) is 6.54 Å². The van der Waals surface area contributed by atoms with Crippen molar-refractivity contribution >= 4 is 27.5 Å². The molecule has 32 heavy (non-hydrogen) atoms. The first kappa shape index (κ1) is 20.5. The topological polar surface area (TPSA) is 63.5 Å². The molecule has 0 aliphatic carbocycles. The fourth-order valence-corrected chi connectivity index (χ4v) is 4.35. The van der Waals surface area contributed by atoms with Gasteiger partial charge in [-0.05, 0) is 42.8 Å². The van der Waals surface area contributed by atoms with Crippen molar-refractivity contribution in [3.8, 4) is 5.75 Å². The van der Waals surface area contributed by atoms with Crippen LogP contribution in [0.1, 0.15) is 5.56 Å². The number of hydrogen-bond acceptors (Lipinski definition) is 6. The maximum Gasteiger partial charge on any atom is 0.262 e. The van der Waals surface area contributed by atoms with Gasteiger partial charge in [-0.15, -0.1) is 0 Å². The van der Waals surface area contributed by atoms with Gasteiger partial charge in [-0.2, -0.15) is 0 Å². The first-order chi connectivity index (χ1) is 15.6. The second kappa shape index (κ2) is 8.59. The van der Waals surface area contributed by atoms with Crippen LogP contribution in [0.5, 0.6) is 5.75 Å². The van der Waals surface area contributed by atoms with Crippen LogP contribution in [0.15, 0.2) is 59.8 Å². The molecule has 3 heterocycles. The molecule has 0 bridgehead atoms. The number of methoxy groups -OCH3 is 1. The Kier molecular flexibility index (Phi) is 5.49. The predicted molar refractivity (Wildman–Crippen MR) is 128 cm³/mol. The number of anilines is 1. The molecule has 0 spiro atoms. The molecule has 4 aromatic rings. The predicted octanol–water partition coefficient (Wildman–Crippen LogP) is 3.08. The van der Waals surface area contributed by atoms with Crippen molar-refractivity contribution in [3.05, 3.63) is 70.9 Å². The van der Waals surface area contributed by atoms with Crippen LogP contribution in [0.2, 0.25) is 0 Å². The second-order valence-electron chi connectivity index (χ2n) is 8.31. The van der Waals surface area contributed by atoms with E-state index in [9.17, 15) is 4.79 Å². The number of piperazine rings is 1. The molecule has 0 atom stereocenters. The quantitative estimate of drug-likeness (QED) is 0.455. The summed E-state index contributed by atoms with van der Waals surface area (Å²) >= 11 is 0. The van der Waals surface area contributed by atoms with Gasteiger partial charge < -0.3 is 9.64 Å². The Labute approximate surface area is 186 Å². The van der Waals surface area contributed by atoms with Gasteiger partial charge in [0, 0.05) is 56.5 Å². The summed E-state index contributed by atoms with van der Waals surface area (Å²) in [6.45, 7) is 7.34. The van der Waals surface area contributed by atoms with Crippen LogP contribution in [0.25, 0.3) is 21.8 Å². The maximum absolute atomic E-state index is 13.0. The summed E-state index contributed by atoms with van der Waals surface area (Å²) in [4.78, 5) is 26.9. The van der Waals surface area contributed by atoms with E-state index in [4.69, 9.17) is 4.74 Å². The van der Waals surface area contributed by atoms with Crippen LogP contribution in [0, 0.1) is 6.92 Å². The highest BCUT2D eigenvalue weighted by molar-refractivity contribution is 6.02. The molecule has 2 aromatic carbocycles. The first-order valence-corrected chi connectivity index (χ1v) is 11.0. The molecule has 1 saturated heterocycles. The number of aromatic nitrogens is 3. The van der Waals surface area contributed by atoms with Crippen molar-refractivity contribution in [3.63, 3.8) is 0 Å². The molecule has 1 aliphatic heterocycles. The molecule has 0 radical (unpaired) electrons. The van der Waals surface area contributed by atoms with Crippen LogP contribution < -0.4 is 15.2 Å². The van der Waals surface area contributed by atoms with Crippen molar-refractivity contribution < 1.29 is 4.74 Å². The van der Waals surface area contributed by atoms with E-state index >= 15 is 0 Å². The minimum Gasteiger partial charge on any atom is -0.497 e. The third kappa shape index (κ3) is 3.91. The molecule has 0 saturated carbocycles. The third-order valence-electron chi connectivity index (χ3n) is 6.28. The average molecular weight is 430 g/mol. The van der Waals surface area contributed by atoms with Gasteiger partial charge in [-0.1, -0.05) is 12.1 Å². The van der Waals surface area contributed by atoms with Gasteiger partial charge in [0.05, 0.1) is 29.9 Å². The Morgan fingerprint density at radius 3 is 2.47 bits per heavy atom. The van der Waals surface area contributed by atoms with Gasteiger partial charge in [0.2, 0.25) is 0 Å². The summed E-state index contributed by atoms with van der Waals surface area (Å²) in [6.07, 6.45) is 3.34. The second-order valence-corrected chi connectivity index (χ2v) is 8.31. The molecule has 2 aromatic heterocycles. The lowest BCUT2D eigenvalue weighted by Gasteiger charge is -2.36. The molecule has 7 nitrogen and oxygen atoms in total. The third-order valence-corrected chi connectivity index (χ3v) is 6.28. The summed E-state index contributed by atoms with van der Waals surface area (Å²) in [5.41, 5.74) is 3.93. The number of nitrogens with zero attached hydrogens (tertiary/aromatic N) is 5. The van der Waals surface area contributed by atoms with Gasteiger partial charge in [0.25, 0.3) is 5.56 Å². The number of aryl methyl sites for hydroxylation is 1. The van der Waals surface area contributed by atoms with Gasteiger partial charge in [0.15, 0.2) is 0 Å². The molecule has 7 heteroatoms. The number of pyridine rings is 1. The summed E-state index contributed by atoms with van der Waals surface area (Å²) in [5, 5.41) is 1.50. The standard InChI is InChI=1S/C25H27N5O2/c1-18-3-8-21-23(15-18)26-16-22-24(21)27-17-30(25(22)31)14-11-28-9-12-29(13-10-28)19-4-6-20(32-2)7-5-19/h3-8,15-17H,9-14H2,1-2H3. The lowest BCUT2D eigenvalue weighted by molar-refractivity contribution is 0.247. The van der Waals surface area contributed by atoms with Gasteiger partial charge >= 0.3 is 0 Å². The molecule has 0 amide bonds. The van der Waals surface area contributed by atoms with Crippen LogP contribution in [-0.4, -0.2) is 59.3 Å². The minimum atomic E-state index is -0.0261. The Balaban J connectivity index is 1.25. The van der Waals surface area contributed by atoms with Crippen molar-refractivity contribution in [2.75, 3.05) is 44.7 Å². The number of rotatable bonds is 5. The normalized spacial score (nSPS) is 14.9. The van der Waals surface area contributed by atoms with E-state index in [0.29, 0.717) is 11.9 Å². The molecule has 0 N–H and O–H groups in total. The van der Waals surface area contributed by atoms with E-state index in [-0.39, 0.29) is 5.56 Å². The van der Waals surface area contributed by atoms with Crippen molar-refractivity contribution in [1.29, 1.82) is 0 Å². The zero-order chi connectivity index (χ0) is 22.1. The number of hydrogen-bond donors (Lipinski definition) is 0. The van der Waals surface area contributed by atoms with Crippen LogP contribution >= 0.6 is 0 Å². The molecule has 164 valence electrons. The largest absolute Gasteiger partial charge is 0.497 e. The highest BCUT2D eigenvalue weighted by Gasteiger charge is 2.17. The maximum atomic E-state index is 13.0. The summed E-state index contributed by atoms with van der Waals surface area (Å²) < 4.78 is 6.95. The number of fused-ring (bicyclic) bond motifs is 3. The fraction of sp³-hybridized carbons (Fsp3) is 0.320. The lowest BCUT2D eigenvalue weighted by Crippen LogP contribution is -2.47. The van der Waals surface area contributed by atoms with Crippen LogP contribution in [0.4, 0.5) is 5.69 Å². The van der Waals surface area contributed by atoms with Gasteiger partial charge in [-0.3, -0.25) is 19.2 Å². The van der Waals surface area contributed by atoms with E-state index < -0.39 is 0 Å². The summed E-state index contributed by atoms with van der Waals surface area (Å²) in [7, 11) is 1.68. The highest BCUT2D eigenvalue weighted by Crippen LogP contribution is 2.21. The van der Waals surface area contributed by atoms with E-state index in [1.54, 1.807) is 24.2 Å². The van der Waals surface area contributed by atoms with Gasteiger partial charge in [-0.25, -0.2) is 4.98 Å². The van der Waals surface area contributed by atoms with Crippen molar-refractivity contribution in [2.24, 2.45) is 0 Å². The molecule has 1 fully saturated rings.